The second kappa shape index (κ2) is 3.65. The Morgan fingerprint density at radius 3 is 2.32 bits per heavy atom. The van der Waals surface area contributed by atoms with E-state index in [0.717, 1.165) is 4.90 Å². The molecule has 0 atom stereocenters. The summed E-state index contributed by atoms with van der Waals surface area (Å²) in [5, 5.41) is 10.00. The van der Waals surface area contributed by atoms with Gasteiger partial charge in [-0.05, 0) is 23.6 Å². The second-order valence-electron chi connectivity index (χ2n) is 4.36. The number of carboxylic acid groups (broad SMARTS) is 1. The summed E-state index contributed by atoms with van der Waals surface area (Å²) in [7, 11) is 1.41. The van der Waals surface area contributed by atoms with Crippen LogP contribution in [-0.2, 0) is 0 Å². The van der Waals surface area contributed by atoms with Gasteiger partial charge in [-0.25, -0.2) is 4.79 Å². The average molecular weight is 255 g/mol. The van der Waals surface area contributed by atoms with Crippen molar-refractivity contribution < 1.29 is 19.5 Å². The molecule has 5 heteroatoms. The van der Waals surface area contributed by atoms with E-state index in [9.17, 15) is 14.4 Å². The number of benzene rings is 2. The van der Waals surface area contributed by atoms with Gasteiger partial charge in [0, 0.05) is 23.6 Å². The van der Waals surface area contributed by atoms with E-state index in [0.29, 0.717) is 21.9 Å². The summed E-state index contributed by atoms with van der Waals surface area (Å²) in [4.78, 5) is 36.3. The van der Waals surface area contributed by atoms with Crippen LogP contribution in [0.1, 0.15) is 31.1 Å². The van der Waals surface area contributed by atoms with Crippen molar-refractivity contribution in [2.75, 3.05) is 7.05 Å². The van der Waals surface area contributed by atoms with Gasteiger partial charge in [0.25, 0.3) is 11.8 Å². The molecule has 3 rings (SSSR count). The van der Waals surface area contributed by atoms with E-state index in [4.69, 9.17) is 5.11 Å². The van der Waals surface area contributed by atoms with Gasteiger partial charge in [-0.15, -0.1) is 0 Å². The van der Waals surface area contributed by atoms with E-state index in [1.807, 2.05) is 0 Å². The third kappa shape index (κ3) is 1.38. The molecule has 0 spiro atoms. The van der Waals surface area contributed by atoms with Crippen LogP contribution in [0.4, 0.5) is 0 Å². The molecule has 0 bridgehead atoms. The molecule has 0 unspecified atom stereocenters. The molecule has 1 aliphatic heterocycles. The minimum atomic E-state index is -1.08. The Kier molecular flexibility index (Phi) is 2.19. The minimum absolute atomic E-state index is 0.0887. The van der Waals surface area contributed by atoms with Crippen LogP contribution in [0.5, 0.6) is 0 Å². The van der Waals surface area contributed by atoms with Crippen molar-refractivity contribution in [3.8, 4) is 0 Å². The fourth-order valence-corrected chi connectivity index (χ4v) is 2.40. The number of rotatable bonds is 1. The zero-order chi connectivity index (χ0) is 13.7. The number of hydrogen-bond donors (Lipinski definition) is 1. The van der Waals surface area contributed by atoms with Gasteiger partial charge >= 0.3 is 5.97 Å². The van der Waals surface area contributed by atoms with Gasteiger partial charge in [0.05, 0.1) is 5.56 Å². The molecular weight excluding hydrogens is 246 g/mol. The number of hydrogen-bond acceptors (Lipinski definition) is 3. The topological polar surface area (TPSA) is 74.7 Å². The van der Waals surface area contributed by atoms with E-state index >= 15 is 0 Å². The first-order valence-electron chi connectivity index (χ1n) is 5.64. The van der Waals surface area contributed by atoms with Crippen LogP contribution in [0, 0.1) is 0 Å². The summed E-state index contributed by atoms with van der Waals surface area (Å²) in [5.41, 5.74) is 0.807. The maximum atomic E-state index is 12.1. The molecule has 0 fully saturated rings. The lowest BCUT2D eigenvalue weighted by atomic mass is 9.91. The molecule has 0 aliphatic carbocycles. The Bertz CT molecular complexity index is 741. The van der Waals surface area contributed by atoms with Gasteiger partial charge in [-0.1, -0.05) is 12.1 Å². The summed E-state index contributed by atoms with van der Waals surface area (Å²) < 4.78 is 0. The predicted octanol–water partition coefficient (Wildman–Crippen LogP) is 1.76. The summed E-state index contributed by atoms with van der Waals surface area (Å²) in [5.74, 6) is -1.90. The van der Waals surface area contributed by atoms with E-state index < -0.39 is 17.8 Å². The smallest absolute Gasteiger partial charge is 0.336 e. The maximum absolute atomic E-state index is 12.1. The molecule has 2 amide bonds. The predicted molar refractivity (Wildman–Crippen MR) is 67.3 cm³/mol. The lowest BCUT2D eigenvalue weighted by Gasteiger charge is -2.24. The first-order valence-corrected chi connectivity index (χ1v) is 5.64. The van der Waals surface area contributed by atoms with Crippen molar-refractivity contribution in [3.05, 3.63) is 47.0 Å². The monoisotopic (exact) mass is 255 g/mol. The van der Waals surface area contributed by atoms with Gasteiger partial charge in [0.2, 0.25) is 0 Å². The van der Waals surface area contributed by atoms with Gasteiger partial charge in [-0.2, -0.15) is 0 Å². The minimum Gasteiger partial charge on any atom is -0.478 e. The van der Waals surface area contributed by atoms with Crippen molar-refractivity contribution in [1.82, 2.24) is 4.90 Å². The summed E-state index contributed by atoms with van der Waals surface area (Å²) in [6.07, 6.45) is 0. The molecule has 19 heavy (non-hydrogen) atoms. The van der Waals surface area contributed by atoms with Crippen molar-refractivity contribution in [1.29, 1.82) is 0 Å². The van der Waals surface area contributed by atoms with Gasteiger partial charge in [0.15, 0.2) is 0 Å². The molecule has 2 aromatic rings. The Morgan fingerprint density at radius 1 is 1.05 bits per heavy atom. The zero-order valence-electron chi connectivity index (χ0n) is 10.0. The van der Waals surface area contributed by atoms with E-state index in [1.54, 1.807) is 18.2 Å². The first kappa shape index (κ1) is 11.4. The average Bonchev–Trinajstić information content (AvgIpc) is 2.41. The summed E-state index contributed by atoms with van der Waals surface area (Å²) in [6.45, 7) is 0. The van der Waals surface area contributed by atoms with E-state index in [1.165, 1.54) is 19.2 Å². The molecular formula is C14H9NO4. The number of aromatic carboxylic acids is 1. The van der Waals surface area contributed by atoms with Crippen molar-refractivity contribution in [2.24, 2.45) is 0 Å². The highest BCUT2D eigenvalue weighted by Gasteiger charge is 2.31. The molecule has 94 valence electrons. The fourth-order valence-electron chi connectivity index (χ4n) is 2.40. The molecule has 1 N–H and O–H groups in total. The fraction of sp³-hybridized carbons (Fsp3) is 0.0714. The third-order valence-corrected chi connectivity index (χ3v) is 3.34. The quantitative estimate of drug-likeness (QED) is 0.788. The van der Waals surface area contributed by atoms with E-state index in [2.05, 4.69) is 0 Å². The Labute approximate surface area is 108 Å². The van der Waals surface area contributed by atoms with Crippen LogP contribution in [0.15, 0.2) is 30.3 Å². The van der Waals surface area contributed by atoms with Gasteiger partial charge in [0.1, 0.15) is 0 Å². The zero-order valence-corrected chi connectivity index (χ0v) is 10.0. The Hall–Kier alpha value is -2.69. The summed E-state index contributed by atoms with van der Waals surface area (Å²) in [6, 6.07) is 7.68. The van der Waals surface area contributed by atoms with Gasteiger partial charge in [-0.3, -0.25) is 14.5 Å². The highest BCUT2D eigenvalue weighted by atomic mass is 16.4. The SMILES string of the molecule is CN1C(=O)c2cccc3c(C(=O)O)ccc(c23)C1=O. The molecule has 5 nitrogen and oxygen atoms in total. The maximum Gasteiger partial charge on any atom is 0.336 e. The van der Waals surface area contributed by atoms with E-state index in [-0.39, 0.29) is 5.56 Å². The van der Waals surface area contributed by atoms with Crippen LogP contribution in [0.25, 0.3) is 10.8 Å². The van der Waals surface area contributed by atoms with Crippen LogP contribution in [-0.4, -0.2) is 34.8 Å². The van der Waals surface area contributed by atoms with Crippen LogP contribution in [0.2, 0.25) is 0 Å². The highest BCUT2D eigenvalue weighted by Crippen LogP contribution is 2.31. The lowest BCUT2D eigenvalue weighted by Crippen LogP contribution is -2.37. The lowest BCUT2D eigenvalue weighted by molar-refractivity contribution is 0.0645. The Balaban J connectivity index is 2.51. The second-order valence-corrected chi connectivity index (χ2v) is 4.36. The normalized spacial score (nSPS) is 14.1. The third-order valence-electron chi connectivity index (χ3n) is 3.34. The number of carbonyl (C=O) groups excluding carboxylic acids is 2. The number of nitrogens with zero attached hydrogens (tertiary/aromatic N) is 1. The number of carbonyl (C=O) groups is 3. The van der Waals surface area contributed by atoms with Crippen molar-refractivity contribution in [2.45, 2.75) is 0 Å². The Morgan fingerprint density at radius 2 is 1.68 bits per heavy atom. The van der Waals surface area contributed by atoms with Crippen molar-refractivity contribution in [3.63, 3.8) is 0 Å². The van der Waals surface area contributed by atoms with Gasteiger partial charge < -0.3 is 5.11 Å². The first-order chi connectivity index (χ1) is 9.02. The molecule has 0 radical (unpaired) electrons. The molecule has 0 saturated heterocycles. The van der Waals surface area contributed by atoms with Crippen LogP contribution in [0.3, 0.4) is 0 Å². The van der Waals surface area contributed by atoms with Crippen LogP contribution < -0.4 is 0 Å². The molecule has 2 aromatic carbocycles. The standard InChI is InChI=1S/C14H9NO4/c1-15-12(16)9-4-2-3-7-8(14(18)19)5-6-10(11(7)9)13(15)17/h2-6H,1H3,(H,18,19). The number of amides is 2. The largest absolute Gasteiger partial charge is 0.478 e. The number of carboxylic acids is 1. The van der Waals surface area contributed by atoms with Crippen molar-refractivity contribution >= 4 is 28.6 Å². The van der Waals surface area contributed by atoms with Crippen LogP contribution >= 0.6 is 0 Å². The highest BCUT2D eigenvalue weighted by molar-refractivity contribution is 6.27. The molecule has 0 aromatic heterocycles. The summed E-state index contributed by atoms with van der Waals surface area (Å²) >= 11 is 0. The number of imide groups is 1. The molecule has 1 aliphatic rings. The molecule has 0 saturated carbocycles. The molecule has 1 heterocycles.